The third kappa shape index (κ3) is 6.62. The summed E-state index contributed by atoms with van der Waals surface area (Å²) in [5.41, 5.74) is 1.96. The summed E-state index contributed by atoms with van der Waals surface area (Å²) in [6.45, 7) is 0.251. The lowest BCUT2D eigenvalue weighted by Crippen LogP contribution is -2.27. The van der Waals surface area contributed by atoms with E-state index in [0.717, 1.165) is 23.3 Å². The number of carbonyl (C=O) groups excluding carboxylic acids is 1. The van der Waals surface area contributed by atoms with Gasteiger partial charge in [0.25, 0.3) is 0 Å². The molecule has 0 radical (unpaired) electrons. The van der Waals surface area contributed by atoms with Crippen molar-refractivity contribution in [2.24, 2.45) is 0 Å². The molecule has 0 aliphatic heterocycles. The van der Waals surface area contributed by atoms with Gasteiger partial charge in [-0.05, 0) is 23.6 Å². The lowest BCUT2D eigenvalue weighted by atomic mass is 10.1. The Bertz CT molecular complexity index is 887. The van der Waals surface area contributed by atoms with Gasteiger partial charge in [-0.25, -0.2) is 17.9 Å². The number of rotatable bonds is 9. The van der Waals surface area contributed by atoms with Crippen LogP contribution >= 0.6 is 0 Å². The second-order valence-electron chi connectivity index (χ2n) is 5.62. The van der Waals surface area contributed by atoms with E-state index < -0.39 is 21.8 Å². The van der Waals surface area contributed by atoms with Crippen LogP contribution in [0.3, 0.4) is 0 Å². The highest BCUT2D eigenvalue weighted by Crippen LogP contribution is 2.08. The molecule has 7 heteroatoms. The van der Waals surface area contributed by atoms with Crippen molar-refractivity contribution < 1.29 is 23.1 Å². The second-order valence-corrected chi connectivity index (χ2v) is 7.43. The molecule has 136 valence electrons. The van der Waals surface area contributed by atoms with E-state index in [1.54, 1.807) is 48.5 Å². The minimum absolute atomic E-state index is 0.0722. The summed E-state index contributed by atoms with van der Waals surface area (Å²) >= 11 is 0. The molecule has 0 fully saturated rings. The molecular weight excluding hydrogens is 354 g/mol. The second kappa shape index (κ2) is 9.07. The number of aliphatic carboxylic acids is 1. The molecule has 0 spiro atoms. The summed E-state index contributed by atoms with van der Waals surface area (Å²) in [6, 6.07) is 15.5. The Morgan fingerprint density at radius 1 is 0.923 bits per heavy atom. The molecule has 0 bridgehead atoms. The SMILES string of the molecule is O=C(O)C=CC(=O)c1ccc(CCNS(=O)(=O)Cc2ccccc2)cc1. The Labute approximate surface area is 152 Å². The van der Waals surface area contributed by atoms with E-state index in [1.165, 1.54) is 0 Å². The van der Waals surface area contributed by atoms with Crippen molar-refractivity contribution in [2.45, 2.75) is 12.2 Å². The van der Waals surface area contributed by atoms with Gasteiger partial charge in [-0.3, -0.25) is 4.79 Å². The maximum atomic E-state index is 12.0. The molecule has 2 aromatic carbocycles. The van der Waals surface area contributed by atoms with Crippen LogP contribution in [-0.2, 0) is 27.0 Å². The molecule has 2 rings (SSSR count). The maximum absolute atomic E-state index is 12.0. The molecule has 0 aromatic heterocycles. The van der Waals surface area contributed by atoms with Crippen LogP contribution in [0.15, 0.2) is 66.7 Å². The Hall–Kier alpha value is -2.77. The van der Waals surface area contributed by atoms with E-state index in [4.69, 9.17) is 5.11 Å². The molecule has 26 heavy (non-hydrogen) atoms. The highest BCUT2D eigenvalue weighted by molar-refractivity contribution is 7.88. The number of ketones is 1. The molecule has 0 saturated heterocycles. The van der Waals surface area contributed by atoms with Crippen LogP contribution in [0.1, 0.15) is 21.5 Å². The van der Waals surface area contributed by atoms with E-state index in [9.17, 15) is 18.0 Å². The number of benzene rings is 2. The molecule has 0 atom stereocenters. The van der Waals surface area contributed by atoms with Gasteiger partial charge in [0.2, 0.25) is 10.0 Å². The van der Waals surface area contributed by atoms with Crippen molar-refractivity contribution >= 4 is 21.8 Å². The third-order valence-corrected chi connectivity index (χ3v) is 4.91. The molecule has 0 aliphatic rings. The fraction of sp³-hybridized carbons (Fsp3) is 0.158. The van der Waals surface area contributed by atoms with Crippen LogP contribution < -0.4 is 4.72 Å². The van der Waals surface area contributed by atoms with Gasteiger partial charge in [-0.2, -0.15) is 0 Å². The predicted octanol–water partition coefficient (Wildman–Crippen LogP) is 2.17. The van der Waals surface area contributed by atoms with Crippen molar-refractivity contribution in [1.29, 1.82) is 0 Å². The molecule has 0 unspecified atom stereocenters. The van der Waals surface area contributed by atoms with E-state index in [-0.39, 0.29) is 12.3 Å². The van der Waals surface area contributed by atoms with Gasteiger partial charge in [0.15, 0.2) is 5.78 Å². The number of hydrogen-bond donors (Lipinski definition) is 2. The van der Waals surface area contributed by atoms with E-state index in [0.29, 0.717) is 12.0 Å². The van der Waals surface area contributed by atoms with Crippen molar-refractivity contribution in [3.63, 3.8) is 0 Å². The summed E-state index contributed by atoms with van der Waals surface area (Å²) in [6.07, 6.45) is 2.26. The monoisotopic (exact) mass is 373 g/mol. The third-order valence-electron chi connectivity index (χ3n) is 3.55. The van der Waals surface area contributed by atoms with Gasteiger partial charge < -0.3 is 5.11 Å². The molecule has 6 nitrogen and oxygen atoms in total. The summed E-state index contributed by atoms with van der Waals surface area (Å²) in [5, 5.41) is 8.51. The van der Waals surface area contributed by atoms with Crippen LogP contribution in [0.4, 0.5) is 0 Å². The van der Waals surface area contributed by atoms with Gasteiger partial charge in [0.1, 0.15) is 0 Å². The zero-order chi connectivity index (χ0) is 19.0. The Morgan fingerprint density at radius 2 is 1.58 bits per heavy atom. The topological polar surface area (TPSA) is 101 Å². The first-order valence-electron chi connectivity index (χ1n) is 7.91. The standard InChI is InChI=1S/C19H19NO5S/c21-18(10-11-19(22)23)17-8-6-15(7-9-17)12-13-20-26(24,25)14-16-4-2-1-3-5-16/h1-11,20H,12-14H2,(H,22,23). The van der Waals surface area contributed by atoms with Gasteiger partial charge in [-0.1, -0.05) is 54.6 Å². The molecular formula is C19H19NO5S. The Morgan fingerprint density at radius 3 is 2.19 bits per heavy atom. The lowest BCUT2D eigenvalue weighted by Gasteiger charge is -2.07. The first-order chi connectivity index (χ1) is 12.4. The van der Waals surface area contributed by atoms with E-state index in [1.807, 2.05) is 6.07 Å². The zero-order valence-corrected chi connectivity index (χ0v) is 14.8. The van der Waals surface area contributed by atoms with Crippen molar-refractivity contribution in [1.82, 2.24) is 4.72 Å². The number of carboxylic acids is 1. The van der Waals surface area contributed by atoms with Gasteiger partial charge in [-0.15, -0.1) is 0 Å². The maximum Gasteiger partial charge on any atom is 0.328 e. The highest BCUT2D eigenvalue weighted by Gasteiger charge is 2.10. The number of hydrogen-bond acceptors (Lipinski definition) is 4. The normalized spacial score (nSPS) is 11.5. The quantitative estimate of drug-likeness (QED) is 0.518. The first-order valence-corrected chi connectivity index (χ1v) is 9.56. The van der Waals surface area contributed by atoms with Gasteiger partial charge in [0, 0.05) is 18.2 Å². The molecule has 0 saturated carbocycles. The average molecular weight is 373 g/mol. The van der Waals surface area contributed by atoms with E-state index in [2.05, 4.69) is 4.72 Å². The van der Waals surface area contributed by atoms with Crippen molar-refractivity contribution in [3.05, 3.63) is 83.4 Å². The van der Waals surface area contributed by atoms with Gasteiger partial charge in [0.05, 0.1) is 5.75 Å². The van der Waals surface area contributed by atoms with Crippen LogP contribution in [-0.4, -0.2) is 31.8 Å². The summed E-state index contributed by atoms with van der Waals surface area (Å²) in [5.74, 6) is -1.66. The van der Waals surface area contributed by atoms with Gasteiger partial charge >= 0.3 is 5.97 Å². The number of nitrogens with one attached hydrogen (secondary N) is 1. The van der Waals surface area contributed by atoms with E-state index >= 15 is 0 Å². The van der Waals surface area contributed by atoms with Crippen LogP contribution in [0, 0.1) is 0 Å². The minimum Gasteiger partial charge on any atom is -0.478 e. The minimum atomic E-state index is -3.41. The van der Waals surface area contributed by atoms with Crippen molar-refractivity contribution in [3.8, 4) is 0 Å². The first kappa shape index (κ1) is 19.6. The smallest absolute Gasteiger partial charge is 0.328 e. The lowest BCUT2D eigenvalue weighted by molar-refractivity contribution is -0.131. The molecule has 0 amide bonds. The molecule has 0 heterocycles. The van der Waals surface area contributed by atoms with Crippen LogP contribution in [0.25, 0.3) is 0 Å². The zero-order valence-electron chi connectivity index (χ0n) is 14.0. The molecule has 0 aliphatic carbocycles. The molecule has 2 aromatic rings. The number of sulfonamides is 1. The summed E-state index contributed by atoms with van der Waals surface area (Å²) < 4.78 is 26.7. The predicted molar refractivity (Wildman–Crippen MR) is 98.3 cm³/mol. The Kier molecular flexibility index (Phi) is 6.82. The van der Waals surface area contributed by atoms with Crippen LogP contribution in [0.2, 0.25) is 0 Å². The number of allylic oxidation sites excluding steroid dienone is 1. The van der Waals surface area contributed by atoms with Crippen LogP contribution in [0.5, 0.6) is 0 Å². The fourth-order valence-electron chi connectivity index (χ4n) is 2.27. The summed E-state index contributed by atoms with van der Waals surface area (Å²) in [4.78, 5) is 22.1. The summed E-state index contributed by atoms with van der Waals surface area (Å²) in [7, 11) is -3.41. The number of carboxylic acid groups (broad SMARTS) is 1. The van der Waals surface area contributed by atoms with Crippen molar-refractivity contribution in [2.75, 3.05) is 6.54 Å². The fourth-order valence-corrected chi connectivity index (χ4v) is 3.42. The Balaban J connectivity index is 1.86. The number of carbonyl (C=O) groups is 2. The largest absolute Gasteiger partial charge is 0.478 e. The average Bonchev–Trinajstić information content (AvgIpc) is 2.60. The highest BCUT2D eigenvalue weighted by atomic mass is 32.2. The molecule has 2 N–H and O–H groups in total.